The number of hydrogen-bond acceptors (Lipinski definition) is 8. The van der Waals surface area contributed by atoms with E-state index in [1.165, 1.54) is 10.1 Å². The normalized spacial score (nSPS) is 24.0. The number of fused-ring (bicyclic) bond motifs is 1. The molecule has 3 unspecified atom stereocenters. The van der Waals surface area contributed by atoms with Gasteiger partial charge in [-0.15, -0.1) is 0 Å². The van der Waals surface area contributed by atoms with Crippen LogP contribution in [0.1, 0.15) is 12.0 Å². The number of carbonyl (C=O) groups is 2. The molecule has 198 valence electrons. The minimum absolute atomic E-state index is 0.152. The molecule has 2 saturated heterocycles. The number of urea groups is 1. The van der Waals surface area contributed by atoms with Crippen molar-refractivity contribution in [1.29, 1.82) is 0 Å². The maximum Gasteiger partial charge on any atom is 0.354 e. The number of hydrogen-bond donors (Lipinski definition) is 4. The second-order valence-corrected chi connectivity index (χ2v) is 10.2. The molecule has 12 heteroatoms. The predicted molar refractivity (Wildman–Crippen MR) is 139 cm³/mol. The van der Waals surface area contributed by atoms with Crippen LogP contribution in [0.5, 0.6) is 0 Å². The van der Waals surface area contributed by atoms with Gasteiger partial charge in [0.1, 0.15) is 5.82 Å². The molecular weight excluding hydrogens is 474 g/mol. The van der Waals surface area contributed by atoms with Crippen LogP contribution in [-0.4, -0.2) is 94.1 Å². The largest absolute Gasteiger partial charge is 0.354 e. The van der Waals surface area contributed by atoms with Crippen LogP contribution in [0.2, 0.25) is 0 Å². The highest BCUT2D eigenvalue weighted by Crippen LogP contribution is 2.44. The molecule has 2 aliphatic heterocycles. The zero-order chi connectivity index (χ0) is 26.1. The summed E-state index contributed by atoms with van der Waals surface area (Å²) in [7, 11) is 0. The second kappa shape index (κ2) is 10.6. The summed E-state index contributed by atoms with van der Waals surface area (Å²) in [5.41, 5.74) is 18.8. The zero-order valence-corrected chi connectivity index (χ0v) is 20.8. The van der Waals surface area contributed by atoms with Crippen LogP contribution in [0.4, 0.5) is 10.6 Å². The van der Waals surface area contributed by atoms with Crippen LogP contribution >= 0.6 is 0 Å². The Bertz CT molecular complexity index is 1180. The van der Waals surface area contributed by atoms with E-state index in [9.17, 15) is 14.4 Å². The Balaban J connectivity index is 1.13. The summed E-state index contributed by atoms with van der Waals surface area (Å²) in [4.78, 5) is 47.4. The van der Waals surface area contributed by atoms with Crippen molar-refractivity contribution in [3.63, 3.8) is 0 Å². The molecule has 3 aliphatic rings. The molecule has 1 aromatic heterocycles. The molecule has 3 amide bonds. The van der Waals surface area contributed by atoms with Gasteiger partial charge < -0.3 is 27.0 Å². The molecule has 12 nitrogen and oxygen atoms in total. The van der Waals surface area contributed by atoms with E-state index in [0.717, 1.165) is 19.6 Å². The average molecular weight is 510 g/mol. The van der Waals surface area contributed by atoms with Gasteiger partial charge in [0.25, 0.3) is 0 Å². The zero-order valence-electron chi connectivity index (χ0n) is 20.8. The van der Waals surface area contributed by atoms with E-state index in [0.29, 0.717) is 62.7 Å². The van der Waals surface area contributed by atoms with Gasteiger partial charge in [-0.3, -0.25) is 19.6 Å². The highest BCUT2D eigenvalue weighted by Gasteiger charge is 2.53. The third kappa shape index (κ3) is 5.52. The fraction of sp³-hybridized carbons (Fsp3) is 0.520. The fourth-order valence-electron chi connectivity index (χ4n) is 5.33. The number of anilines is 1. The van der Waals surface area contributed by atoms with Gasteiger partial charge in [-0.1, -0.05) is 12.1 Å². The highest BCUT2D eigenvalue weighted by molar-refractivity contribution is 5.88. The molecule has 0 bridgehead atoms. The first-order valence-corrected chi connectivity index (χ1v) is 12.8. The smallest absolute Gasteiger partial charge is 0.338 e. The number of carbonyl (C=O) groups excluding carboxylic acids is 2. The average Bonchev–Trinajstić information content (AvgIpc) is 3.28. The first-order chi connectivity index (χ1) is 17.8. The molecule has 1 saturated carbocycles. The van der Waals surface area contributed by atoms with Crippen molar-refractivity contribution >= 4 is 17.8 Å². The molecule has 5 rings (SSSR count). The summed E-state index contributed by atoms with van der Waals surface area (Å²) < 4.78 is 1.44. The molecular formula is C25H35N9O3. The molecule has 2 aromatic rings. The fourth-order valence-corrected chi connectivity index (χ4v) is 5.33. The Kier molecular flexibility index (Phi) is 7.24. The molecule has 0 spiro atoms. The number of rotatable bonds is 7. The minimum Gasteiger partial charge on any atom is -0.338 e. The van der Waals surface area contributed by atoms with Gasteiger partial charge in [-0.2, -0.15) is 4.98 Å². The molecule has 3 fully saturated rings. The van der Waals surface area contributed by atoms with Gasteiger partial charge in [0, 0.05) is 58.1 Å². The number of benzene rings is 1. The van der Waals surface area contributed by atoms with Gasteiger partial charge in [-0.25, -0.2) is 9.59 Å². The SMILES string of the molecule is NCCC(N)C(=O)N1CCN(C(=O)Nc2ccn(-c3ccc(CN4CC5C(N)[C@@H]5C4)cc3)c(=O)n2)CC1. The van der Waals surface area contributed by atoms with Crippen molar-refractivity contribution in [2.45, 2.75) is 25.0 Å². The Morgan fingerprint density at radius 3 is 2.30 bits per heavy atom. The van der Waals surface area contributed by atoms with Crippen LogP contribution in [0.15, 0.2) is 41.3 Å². The lowest BCUT2D eigenvalue weighted by molar-refractivity contribution is -0.134. The van der Waals surface area contributed by atoms with Gasteiger partial charge in [-0.05, 0) is 48.6 Å². The van der Waals surface area contributed by atoms with Crippen molar-refractivity contribution in [2.75, 3.05) is 51.1 Å². The van der Waals surface area contributed by atoms with E-state index in [2.05, 4.69) is 15.2 Å². The van der Waals surface area contributed by atoms with Gasteiger partial charge >= 0.3 is 11.7 Å². The number of nitrogens with two attached hydrogens (primary N) is 3. The van der Waals surface area contributed by atoms with Crippen LogP contribution in [0.3, 0.4) is 0 Å². The summed E-state index contributed by atoms with van der Waals surface area (Å²) in [6, 6.07) is 8.85. The first-order valence-electron chi connectivity index (χ1n) is 12.8. The summed E-state index contributed by atoms with van der Waals surface area (Å²) in [5.74, 6) is 1.34. The van der Waals surface area contributed by atoms with Crippen LogP contribution < -0.4 is 28.2 Å². The van der Waals surface area contributed by atoms with E-state index in [1.54, 1.807) is 22.1 Å². The molecule has 37 heavy (non-hydrogen) atoms. The number of nitrogens with one attached hydrogen (secondary N) is 1. The highest BCUT2D eigenvalue weighted by atomic mass is 16.2. The summed E-state index contributed by atoms with van der Waals surface area (Å²) in [5, 5.41) is 2.68. The van der Waals surface area contributed by atoms with Crippen molar-refractivity contribution in [2.24, 2.45) is 29.0 Å². The summed E-state index contributed by atoms with van der Waals surface area (Å²) >= 11 is 0. The van der Waals surface area contributed by atoms with Crippen molar-refractivity contribution in [1.82, 2.24) is 24.3 Å². The van der Waals surface area contributed by atoms with E-state index in [4.69, 9.17) is 17.2 Å². The van der Waals surface area contributed by atoms with Crippen LogP contribution in [-0.2, 0) is 11.3 Å². The van der Waals surface area contributed by atoms with E-state index < -0.39 is 11.7 Å². The molecule has 4 atom stereocenters. The topological polar surface area (TPSA) is 169 Å². The van der Waals surface area contributed by atoms with Gasteiger partial charge in [0.05, 0.1) is 11.7 Å². The molecule has 7 N–H and O–H groups in total. The molecule has 3 heterocycles. The number of nitrogens with zero attached hydrogens (tertiary/aromatic N) is 5. The van der Waals surface area contributed by atoms with Crippen molar-refractivity contribution in [3.8, 4) is 5.69 Å². The Morgan fingerprint density at radius 2 is 1.68 bits per heavy atom. The minimum atomic E-state index is -0.618. The predicted octanol–water partition coefficient (Wildman–Crippen LogP) is -1.03. The Morgan fingerprint density at radius 1 is 1.03 bits per heavy atom. The second-order valence-electron chi connectivity index (χ2n) is 10.2. The first kappa shape index (κ1) is 25.3. The monoisotopic (exact) mass is 509 g/mol. The lowest BCUT2D eigenvalue weighted by Gasteiger charge is -2.35. The number of piperazine rings is 1. The molecule has 0 radical (unpaired) electrons. The van der Waals surface area contributed by atoms with E-state index >= 15 is 0 Å². The Hall–Kier alpha value is -3.32. The third-order valence-electron chi connectivity index (χ3n) is 7.67. The number of amides is 3. The van der Waals surface area contributed by atoms with Crippen LogP contribution in [0, 0.1) is 11.8 Å². The van der Waals surface area contributed by atoms with Crippen molar-refractivity contribution in [3.05, 3.63) is 52.6 Å². The lowest BCUT2D eigenvalue weighted by atomic mass is 10.2. The maximum atomic E-state index is 12.7. The number of likely N-dealkylation sites (tertiary alicyclic amines) is 1. The number of aromatic nitrogens is 2. The third-order valence-corrected chi connectivity index (χ3v) is 7.67. The maximum absolute atomic E-state index is 12.7. The Labute approximate surface area is 215 Å². The summed E-state index contributed by atoms with van der Waals surface area (Å²) in [6.07, 6.45) is 2.03. The lowest BCUT2D eigenvalue weighted by Crippen LogP contribution is -2.55. The molecule has 1 aromatic carbocycles. The van der Waals surface area contributed by atoms with E-state index in [1.807, 2.05) is 24.3 Å². The van der Waals surface area contributed by atoms with Gasteiger partial charge in [0.2, 0.25) is 5.91 Å². The molecule has 1 aliphatic carbocycles. The van der Waals surface area contributed by atoms with Crippen molar-refractivity contribution < 1.29 is 9.59 Å². The summed E-state index contributed by atoms with van der Waals surface area (Å²) in [6.45, 7) is 4.85. The van der Waals surface area contributed by atoms with E-state index in [-0.39, 0.29) is 17.8 Å². The van der Waals surface area contributed by atoms with Gasteiger partial charge in [0.15, 0.2) is 0 Å². The quantitative estimate of drug-likeness (QED) is 0.367. The van der Waals surface area contributed by atoms with Crippen LogP contribution in [0.25, 0.3) is 5.69 Å². The number of piperidine rings is 1. The standard InChI is InChI=1S/C25H35N9O3/c26-7-5-20(27)23(35)32-9-11-33(12-10-32)24(36)29-21-6-8-34(25(37)30-21)17-3-1-16(2-4-17)13-31-14-18-19(15-31)22(18)28/h1-4,6,8,18-20,22H,5,7,9-15,26-28H2,(H,29,30,36,37)/t18-,19?,20?,22?/m1/s1.